The van der Waals surface area contributed by atoms with Crippen LogP contribution in [-0.4, -0.2) is 4.98 Å². The standard InChI is InChI=1S/C9H11N/c1-3-5-8-6-7-10-9(8)4-2/h3-7,10H,2H2,1H3. The van der Waals surface area contributed by atoms with Crippen LogP contribution in [-0.2, 0) is 0 Å². The fraction of sp³-hybridized carbons (Fsp3) is 0.111. The molecule has 52 valence electrons. The first-order valence-corrected chi connectivity index (χ1v) is 3.31. The van der Waals surface area contributed by atoms with Gasteiger partial charge in [0, 0.05) is 11.9 Å². The lowest BCUT2D eigenvalue weighted by atomic mass is 10.2. The molecule has 0 unspecified atom stereocenters. The molecule has 1 heterocycles. The van der Waals surface area contributed by atoms with Crippen LogP contribution in [0.2, 0.25) is 0 Å². The molecule has 1 nitrogen and oxygen atoms in total. The minimum absolute atomic E-state index is 1.08. The maximum absolute atomic E-state index is 3.68. The number of aromatic nitrogens is 1. The molecule has 0 aromatic carbocycles. The Labute approximate surface area is 61.1 Å². The van der Waals surface area contributed by atoms with Crippen molar-refractivity contribution >= 4 is 12.2 Å². The van der Waals surface area contributed by atoms with E-state index in [2.05, 4.69) is 11.6 Å². The Morgan fingerprint density at radius 2 is 2.40 bits per heavy atom. The van der Waals surface area contributed by atoms with Crippen LogP contribution in [0.4, 0.5) is 0 Å². The molecule has 0 fully saturated rings. The number of hydrogen-bond acceptors (Lipinski definition) is 0. The molecular weight excluding hydrogens is 122 g/mol. The van der Waals surface area contributed by atoms with Crippen molar-refractivity contribution in [3.05, 3.63) is 36.2 Å². The lowest BCUT2D eigenvalue weighted by Crippen LogP contribution is -1.71. The molecule has 0 saturated carbocycles. The smallest absolute Gasteiger partial charge is 0.0447 e. The van der Waals surface area contributed by atoms with Crippen molar-refractivity contribution in [2.24, 2.45) is 0 Å². The number of rotatable bonds is 2. The minimum atomic E-state index is 1.08. The summed E-state index contributed by atoms with van der Waals surface area (Å²) in [5.74, 6) is 0. The Balaban J connectivity index is 3.00. The van der Waals surface area contributed by atoms with Crippen molar-refractivity contribution in [2.75, 3.05) is 0 Å². The summed E-state index contributed by atoms with van der Waals surface area (Å²) in [7, 11) is 0. The second-order valence-corrected chi connectivity index (χ2v) is 2.05. The number of hydrogen-bond donors (Lipinski definition) is 1. The van der Waals surface area contributed by atoms with Crippen molar-refractivity contribution in [3.8, 4) is 0 Å². The van der Waals surface area contributed by atoms with E-state index in [0.29, 0.717) is 0 Å². The van der Waals surface area contributed by atoms with Crippen LogP contribution in [0.5, 0.6) is 0 Å². The topological polar surface area (TPSA) is 15.8 Å². The summed E-state index contributed by atoms with van der Waals surface area (Å²) >= 11 is 0. The maximum atomic E-state index is 3.68. The van der Waals surface area contributed by atoms with Gasteiger partial charge in [-0.3, -0.25) is 0 Å². The molecule has 0 aliphatic carbocycles. The molecule has 0 atom stereocenters. The highest BCUT2D eigenvalue weighted by Gasteiger charge is 1.92. The van der Waals surface area contributed by atoms with E-state index in [9.17, 15) is 0 Å². The fourth-order valence-electron chi connectivity index (χ4n) is 0.896. The summed E-state index contributed by atoms with van der Waals surface area (Å²) in [6, 6.07) is 2.02. The van der Waals surface area contributed by atoms with Crippen LogP contribution in [0.3, 0.4) is 0 Å². The predicted molar refractivity (Wildman–Crippen MR) is 45.6 cm³/mol. The number of H-pyrrole nitrogens is 1. The van der Waals surface area contributed by atoms with Gasteiger partial charge in [-0.15, -0.1) is 0 Å². The molecule has 0 aliphatic heterocycles. The number of allylic oxidation sites excluding steroid dienone is 1. The Hall–Kier alpha value is -1.24. The molecule has 0 bridgehead atoms. The van der Waals surface area contributed by atoms with Crippen LogP contribution in [0, 0.1) is 0 Å². The average molecular weight is 133 g/mol. The van der Waals surface area contributed by atoms with Crippen LogP contribution in [0.25, 0.3) is 12.2 Å². The Morgan fingerprint density at radius 1 is 1.60 bits per heavy atom. The zero-order chi connectivity index (χ0) is 7.40. The van der Waals surface area contributed by atoms with E-state index >= 15 is 0 Å². The molecule has 1 heteroatoms. The SMILES string of the molecule is C=Cc1[nH]ccc1C=CC. The summed E-state index contributed by atoms with van der Waals surface area (Å²) in [6.45, 7) is 5.68. The van der Waals surface area contributed by atoms with Crippen LogP contribution < -0.4 is 0 Å². The highest BCUT2D eigenvalue weighted by Crippen LogP contribution is 2.09. The normalized spacial score (nSPS) is 10.5. The summed E-state index contributed by atoms with van der Waals surface area (Å²) in [6.07, 6.45) is 7.78. The second-order valence-electron chi connectivity index (χ2n) is 2.05. The van der Waals surface area contributed by atoms with E-state index in [0.717, 1.165) is 5.69 Å². The zero-order valence-electron chi connectivity index (χ0n) is 6.09. The average Bonchev–Trinajstić information content (AvgIpc) is 2.36. The molecule has 1 rings (SSSR count). The summed E-state index contributed by atoms with van der Waals surface area (Å²) in [4.78, 5) is 3.07. The van der Waals surface area contributed by atoms with Gasteiger partial charge in [0.2, 0.25) is 0 Å². The Bertz CT molecular complexity index is 243. The van der Waals surface area contributed by atoms with E-state index < -0.39 is 0 Å². The third-order valence-corrected chi connectivity index (χ3v) is 1.36. The van der Waals surface area contributed by atoms with Crippen molar-refractivity contribution in [1.82, 2.24) is 4.98 Å². The van der Waals surface area contributed by atoms with E-state index in [1.54, 1.807) is 0 Å². The van der Waals surface area contributed by atoms with Crippen molar-refractivity contribution in [3.63, 3.8) is 0 Å². The molecule has 0 aliphatic rings. The molecule has 1 aromatic rings. The van der Waals surface area contributed by atoms with Gasteiger partial charge in [-0.25, -0.2) is 0 Å². The Kier molecular flexibility index (Phi) is 2.11. The van der Waals surface area contributed by atoms with Crippen molar-refractivity contribution in [1.29, 1.82) is 0 Å². The molecule has 0 amide bonds. The first-order valence-electron chi connectivity index (χ1n) is 3.31. The maximum Gasteiger partial charge on any atom is 0.0447 e. The van der Waals surface area contributed by atoms with E-state index in [1.807, 2.05) is 37.4 Å². The first-order chi connectivity index (χ1) is 4.88. The lowest BCUT2D eigenvalue weighted by Gasteiger charge is -1.87. The van der Waals surface area contributed by atoms with Crippen LogP contribution >= 0.6 is 0 Å². The highest BCUT2D eigenvalue weighted by atomic mass is 14.7. The van der Waals surface area contributed by atoms with E-state index in [4.69, 9.17) is 0 Å². The fourth-order valence-corrected chi connectivity index (χ4v) is 0.896. The summed E-state index contributed by atoms with van der Waals surface area (Å²) < 4.78 is 0. The quantitative estimate of drug-likeness (QED) is 0.638. The van der Waals surface area contributed by atoms with Gasteiger partial charge >= 0.3 is 0 Å². The minimum Gasteiger partial charge on any atom is -0.361 e. The molecule has 1 aromatic heterocycles. The molecule has 0 spiro atoms. The lowest BCUT2D eigenvalue weighted by molar-refractivity contribution is 1.37. The van der Waals surface area contributed by atoms with Gasteiger partial charge in [-0.05, 0) is 24.6 Å². The highest BCUT2D eigenvalue weighted by molar-refractivity contribution is 5.61. The van der Waals surface area contributed by atoms with Gasteiger partial charge in [-0.2, -0.15) is 0 Å². The molecular formula is C9H11N. The van der Waals surface area contributed by atoms with Crippen LogP contribution in [0.1, 0.15) is 18.2 Å². The zero-order valence-corrected chi connectivity index (χ0v) is 6.09. The molecule has 0 saturated heterocycles. The van der Waals surface area contributed by atoms with Gasteiger partial charge in [0.25, 0.3) is 0 Å². The molecule has 10 heavy (non-hydrogen) atoms. The summed E-state index contributed by atoms with van der Waals surface area (Å²) in [5.41, 5.74) is 2.27. The number of aromatic amines is 1. The molecule has 1 N–H and O–H groups in total. The van der Waals surface area contributed by atoms with Gasteiger partial charge in [0.1, 0.15) is 0 Å². The second kappa shape index (κ2) is 3.06. The third-order valence-electron chi connectivity index (χ3n) is 1.36. The van der Waals surface area contributed by atoms with E-state index in [-0.39, 0.29) is 0 Å². The number of nitrogens with one attached hydrogen (secondary N) is 1. The van der Waals surface area contributed by atoms with E-state index in [1.165, 1.54) is 5.56 Å². The monoisotopic (exact) mass is 133 g/mol. The Morgan fingerprint density at radius 3 is 3.00 bits per heavy atom. The van der Waals surface area contributed by atoms with Crippen molar-refractivity contribution in [2.45, 2.75) is 6.92 Å². The van der Waals surface area contributed by atoms with Gasteiger partial charge in [-0.1, -0.05) is 18.7 Å². The third kappa shape index (κ3) is 1.18. The summed E-state index contributed by atoms with van der Waals surface area (Å²) in [5, 5.41) is 0. The first kappa shape index (κ1) is 6.87. The van der Waals surface area contributed by atoms with Crippen molar-refractivity contribution < 1.29 is 0 Å². The largest absolute Gasteiger partial charge is 0.361 e. The predicted octanol–water partition coefficient (Wildman–Crippen LogP) is 2.69. The van der Waals surface area contributed by atoms with Gasteiger partial charge in [0.15, 0.2) is 0 Å². The van der Waals surface area contributed by atoms with Gasteiger partial charge < -0.3 is 4.98 Å². The van der Waals surface area contributed by atoms with Crippen LogP contribution in [0.15, 0.2) is 24.9 Å². The van der Waals surface area contributed by atoms with Gasteiger partial charge in [0.05, 0.1) is 0 Å². The molecule has 0 radical (unpaired) electrons.